The summed E-state index contributed by atoms with van der Waals surface area (Å²) in [4.78, 5) is 0. The maximum Gasteiger partial charge on any atom is -0.0279 e. The Bertz CT molecular complexity index is 256. The van der Waals surface area contributed by atoms with Gasteiger partial charge in [-0.1, -0.05) is 42.3 Å². The van der Waals surface area contributed by atoms with Crippen LogP contribution in [0.1, 0.15) is 36.8 Å². The molecule has 0 fully saturated rings. The van der Waals surface area contributed by atoms with E-state index in [2.05, 4.69) is 37.8 Å². The van der Waals surface area contributed by atoms with Crippen LogP contribution in [-0.2, 0) is 6.42 Å². The summed E-state index contributed by atoms with van der Waals surface area (Å²) >= 11 is 0. The highest BCUT2D eigenvalue weighted by Crippen LogP contribution is 2.09. The van der Waals surface area contributed by atoms with E-state index in [1.165, 1.54) is 36.8 Å². The van der Waals surface area contributed by atoms with E-state index in [4.69, 9.17) is 0 Å². The fraction of sp³-hybridized carbons (Fsp3) is 0.429. The van der Waals surface area contributed by atoms with Crippen molar-refractivity contribution in [2.24, 2.45) is 0 Å². The third-order valence-electron chi connectivity index (χ3n) is 2.49. The van der Waals surface area contributed by atoms with Gasteiger partial charge in [0.2, 0.25) is 0 Å². The molecule has 0 saturated carbocycles. The first-order valence-electron chi connectivity index (χ1n) is 5.49. The average molecular weight is 188 g/mol. The van der Waals surface area contributed by atoms with Crippen molar-refractivity contribution >= 4 is 0 Å². The Hall–Kier alpha value is -1.04. The molecule has 0 aliphatic rings. The molecule has 0 spiro atoms. The standard InChI is InChI=1S/C14H20/c1-3-4-5-6-7-8-14-11-9-13(2)10-12-14/h3,9-12H,1,4-8H2,2H3. The minimum absolute atomic E-state index is 1.16. The van der Waals surface area contributed by atoms with Crippen molar-refractivity contribution in [3.05, 3.63) is 48.0 Å². The molecule has 0 unspecified atom stereocenters. The van der Waals surface area contributed by atoms with Gasteiger partial charge in [-0.25, -0.2) is 0 Å². The van der Waals surface area contributed by atoms with Crippen LogP contribution in [0.15, 0.2) is 36.9 Å². The van der Waals surface area contributed by atoms with Crippen LogP contribution in [0.25, 0.3) is 0 Å². The van der Waals surface area contributed by atoms with Crippen molar-refractivity contribution in [2.75, 3.05) is 0 Å². The lowest BCUT2D eigenvalue weighted by Gasteiger charge is -2.01. The number of aryl methyl sites for hydroxylation is 2. The molecule has 76 valence electrons. The van der Waals surface area contributed by atoms with E-state index in [0.717, 1.165) is 6.42 Å². The van der Waals surface area contributed by atoms with Gasteiger partial charge < -0.3 is 0 Å². The zero-order chi connectivity index (χ0) is 10.2. The van der Waals surface area contributed by atoms with Crippen LogP contribution < -0.4 is 0 Å². The van der Waals surface area contributed by atoms with Gasteiger partial charge in [-0.15, -0.1) is 6.58 Å². The van der Waals surface area contributed by atoms with Gasteiger partial charge in [0.25, 0.3) is 0 Å². The first kappa shape index (κ1) is 11.0. The van der Waals surface area contributed by atoms with Gasteiger partial charge in [-0.05, 0) is 38.2 Å². The minimum atomic E-state index is 1.16. The van der Waals surface area contributed by atoms with Crippen LogP contribution in [0.5, 0.6) is 0 Å². The van der Waals surface area contributed by atoms with Crippen molar-refractivity contribution in [3.8, 4) is 0 Å². The quantitative estimate of drug-likeness (QED) is 0.461. The first-order valence-corrected chi connectivity index (χ1v) is 5.49. The van der Waals surface area contributed by atoms with Crippen molar-refractivity contribution in [2.45, 2.75) is 39.0 Å². The molecule has 0 aromatic heterocycles. The van der Waals surface area contributed by atoms with E-state index in [0.29, 0.717) is 0 Å². The van der Waals surface area contributed by atoms with E-state index >= 15 is 0 Å². The predicted molar refractivity (Wildman–Crippen MR) is 63.5 cm³/mol. The second-order valence-corrected chi connectivity index (χ2v) is 3.87. The molecular formula is C14H20. The predicted octanol–water partition coefficient (Wildman–Crippen LogP) is 4.28. The molecule has 0 aliphatic heterocycles. The molecule has 0 N–H and O–H groups in total. The first-order chi connectivity index (χ1) is 6.83. The monoisotopic (exact) mass is 188 g/mol. The zero-order valence-corrected chi connectivity index (χ0v) is 9.13. The molecule has 0 amide bonds. The number of allylic oxidation sites excluding steroid dienone is 1. The second kappa shape index (κ2) is 6.42. The Labute approximate surface area is 87.7 Å². The van der Waals surface area contributed by atoms with Crippen molar-refractivity contribution in [3.63, 3.8) is 0 Å². The van der Waals surface area contributed by atoms with Crippen LogP contribution in [0.3, 0.4) is 0 Å². The Morgan fingerprint density at radius 2 is 1.79 bits per heavy atom. The molecule has 1 aromatic rings. The normalized spacial score (nSPS) is 10.1. The van der Waals surface area contributed by atoms with Gasteiger partial charge in [-0.3, -0.25) is 0 Å². The highest BCUT2D eigenvalue weighted by Gasteiger charge is 1.92. The molecule has 1 aromatic carbocycles. The van der Waals surface area contributed by atoms with Crippen molar-refractivity contribution in [1.29, 1.82) is 0 Å². The summed E-state index contributed by atoms with van der Waals surface area (Å²) in [6.45, 7) is 5.86. The molecule has 0 heteroatoms. The number of unbranched alkanes of at least 4 members (excludes halogenated alkanes) is 3. The van der Waals surface area contributed by atoms with Crippen LogP contribution in [0.4, 0.5) is 0 Å². The van der Waals surface area contributed by atoms with Gasteiger partial charge >= 0.3 is 0 Å². The number of hydrogen-bond acceptors (Lipinski definition) is 0. The minimum Gasteiger partial charge on any atom is -0.103 e. The lowest BCUT2D eigenvalue weighted by atomic mass is 10.1. The maximum atomic E-state index is 3.73. The van der Waals surface area contributed by atoms with Crippen molar-refractivity contribution in [1.82, 2.24) is 0 Å². The van der Waals surface area contributed by atoms with E-state index in [1.807, 2.05) is 6.08 Å². The summed E-state index contributed by atoms with van der Waals surface area (Å²) in [6.07, 6.45) is 8.29. The summed E-state index contributed by atoms with van der Waals surface area (Å²) in [6, 6.07) is 8.86. The summed E-state index contributed by atoms with van der Waals surface area (Å²) in [5, 5.41) is 0. The highest BCUT2D eigenvalue weighted by molar-refractivity contribution is 5.21. The van der Waals surface area contributed by atoms with E-state index in [9.17, 15) is 0 Å². The molecule has 0 atom stereocenters. The third kappa shape index (κ3) is 4.27. The summed E-state index contributed by atoms with van der Waals surface area (Å²) in [5.74, 6) is 0. The van der Waals surface area contributed by atoms with Gasteiger partial charge in [0, 0.05) is 0 Å². The van der Waals surface area contributed by atoms with Crippen molar-refractivity contribution < 1.29 is 0 Å². The van der Waals surface area contributed by atoms with Crippen LogP contribution >= 0.6 is 0 Å². The average Bonchev–Trinajstić information content (AvgIpc) is 2.21. The Balaban J connectivity index is 2.18. The molecule has 0 radical (unpaired) electrons. The Morgan fingerprint density at radius 1 is 1.07 bits per heavy atom. The van der Waals surface area contributed by atoms with Crippen LogP contribution in [0, 0.1) is 6.92 Å². The van der Waals surface area contributed by atoms with Gasteiger partial charge in [0.15, 0.2) is 0 Å². The van der Waals surface area contributed by atoms with E-state index in [-0.39, 0.29) is 0 Å². The number of rotatable bonds is 6. The number of hydrogen-bond donors (Lipinski definition) is 0. The summed E-state index contributed by atoms with van der Waals surface area (Å²) in [7, 11) is 0. The molecule has 0 heterocycles. The molecule has 0 saturated heterocycles. The zero-order valence-electron chi connectivity index (χ0n) is 9.13. The SMILES string of the molecule is C=CCCCCCc1ccc(C)cc1. The Morgan fingerprint density at radius 3 is 2.43 bits per heavy atom. The largest absolute Gasteiger partial charge is 0.103 e. The summed E-state index contributed by atoms with van der Waals surface area (Å²) < 4.78 is 0. The fourth-order valence-corrected chi connectivity index (χ4v) is 1.55. The van der Waals surface area contributed by atoms with Gasteiger partial charge in [0.05, 0.1) is 0 Å². The lowest BCUT2D eigenvalue weighted by Crippen LogP contribution is -1.85. The molecule has 1 rings (SSSR count). The molecule has 0 aliphatic carbocycles. The second-order valence-electron chi connectivity index (χ2n) is 3.87. The summed E-state index contributed by atoms with van der Waals surface area (Å²) in [5.41, 5.74) is 2.81. The molecule has 0 nitrogen and oxygen atoms in total. The highest BCUT2D eigenvalue weighted by atomic mass is 14.0. The van der Waals surface area contributed by atoms with E-state index in [1.54, 1.807) is 0 Å². The lowest BCUT2D eigenvalue weighted by molar-refractivity contribution is 0.687. The van der Waals surface area contributed by atoms with E-state index < -0.39 is 0 Å². The molecule has 0 bridgehead atoms. The maximum absolute atomic E-state index is 3.73. The van der Waals surface area contributed by atoms with Crippen LogP contribution in [0.2, 0.25) is 0 Å². The van der Waals surface area contributed by atoms with Gasteiger partial charge in [0.1, 0.15) is 0 Å². The number of benzene rings is 1. The molecule has 14 heavy (non-hydrogen) atoms. The third-order valence-corrected chi connectivity index (χ3v) is 2.49. The van der Waals surface area contributed by atoms with Crippen LogP contribution in [-0.4, -0.2) is 0 Å². The smallest absolute Gasteiger partial charge is 0.0279 e. The topological polar surface area (TPSA) is 0 Å². The Kier molecular flexibility index (Phi) is 5.06. The molecular weight excluding hydrogens is 168 g/mol. The van der Waals surface area contributed by atoms with Gasteiger partial charge in [-0.2, -0.15) is 0 Å². The fourth-order valence-electron chi connectivity index (χ4n) is 1.55.